The van der Waals surface area contributed by atoms with Gasteiger partial charge in [-0.2, -0.15) is 0 Å². The summed E-state index contributed by atoms with van der Waals surface area (Å²) in [5.41, 5.74) is 5.36. The molecule has 2 nitrogen and oxygen atoms in total. The summed E-state index contributed by atoms with van der Waals surface area (Å²) in [6, 6.07) is 17.5. The van der Waals surface area contributed by atoms with E-state index in [1.54, 1.807) is 0 Å². The summed E-state index contributed by atoms with van der Waals surface area (Å²) >= 11 is 0. The third kappa shape index (κ3) is 1.56. The van der Waals surface area contributed by atoms with Crippen LogP contribution in [0.2, 0.25) is 0 Å². The Morgan fingerprint density at radius 1 is 1.00 bits per heavy atom. The van der Waals surface area contributed by atoms with Crippen LogP contribution in [0, 0.1) is 0 Å². The Kier molecular flexibility index (Phi) is 2.18. The Hall–Kier alpha value is -2.22. The van der Waals surface area contributed by atoms with Crippen LogP contribution in [0.15, 0.2) is 54.7 Å². The maximum absolute atomic E-state index is 2.33. The van der Waals surface area contributed by atoms with Crippen LogP contribution in [0.1, 0.15) is 5.56 Å². The maximum atomic E-state index is 2.33. The van der Waals surface area contributed by atoms with Crippen LogP contribution in [-0.2, 0) is 6.42 Å². The van der Waals surface area contributed by atoms with Gasteiger partial charge in [0.2, 0.25) is 0 Å². The van der Waals surface area contributed by atoms with Crippen molar-refractivity contribution in [1.29, 1.82) is 0 Å². The zero-order valence-electron chi connectivity index (χ0n) is 11.0. The van der Waals surface area contributed by atoms with Gasteiger partial charge in [-0.25, -0.2) is 0 Å². The zero-order chi connectivity index (χ0) is 12.8. The average Bonchev–Trinajstić information content (AvgIpc) is 3.03. The molecule has 0 aliphatic carbocycles. The number of likely N-dealkylation sites (N-methyl/N-ethyl adjacent to an activating group) is 1. The van der Waals surface area contributed by atoms with E-state index in [1.165, 1.54) is 27.8 Å². The highest BCUT2D eigenvalue weighted by Gasteiger charge is 2.16. The number of anilines is 1. The fraction of sp³-hybridized carbons (Fsp3) is 0.176. The third-order valence-corrected chi connectivity index (χ3v) is 4.07. The molecule has 0 saturated carbocycles. The molecule has 0 saturated heterocycles. The topological polar surface area (TPSA) is 8.17 Å². The quantitative estimate of drug-likeness (QED) is 0.638. The molecular weight excluding hydrogens is 232 g/mol. The molecule has 0 fully saturated rings. The van der Waals surface area contributed by atoms with Gasteiger partial charge in [-0.15, -0.1) is 0 Å². The van der Waals surface area contributed by atoms with E-state index in [-0.39, 0.29) is 0 Å². The highest BCUT2D eigenvalue weighted by atomic mass is 15.1. The summed E-state index contributed by atoms with van der Waals surface area (Å²) in [6.07, 6.45) is 3.31. The van der Waals surface area contributed by atoms with E-state index < -0.39 is 0 Å². The zero-order valence-corrected chi connectivity index (χ0v) is 11.0. The molecule has 2 heterocycles. The van der Waals surface area contributed by atoms with Crippen LogP contribution < -0.4 is 4.90 Å². The number of hydrogen-bond acceptors (Lipinski definition) is 1. The lowest BCUT2D eigenvalue weighted by Crippen LogP contribution is -2.12. The monoisotopic (exact) mass is 248 g/mol. The first kappa shape index (κ1) is 10.7. The highest BCUT2D eigenvalue weighted by Crippen LogP contribution is 2.30. The summed E-state index contributed by atoms with van der Waals surface area (Å²) in [5, 5.41) is 1.29. The second-order valence-corrected chi connectivity index (χ2v) is 5.23. The SMILES string of the molecule is CN1CCc2cc(-n3ccc4ccccc43)ccc21. The lowest BCUT2D eigenvalue weighted by Gasteiger charge is -2.13. The molecule has 19 heavy (non-hydrogen) atoms. The fourth-order valence-electron chi connectivity index (χ4n) is 3.01. The molecule has 0 spiro atoms. The van der Waals surface area contributed by atoms with Gasteiger partial charge in [0.25, 0.3) is 0 Å². The van der Waals surface area contributed by atoms with Crippen LogP contribution in [0.5, 0.6) is 0 Å². The van der Waals surface area contributed by atoms with Crippen molar-refractivity contribution in [2.24, 2.45) is 0 Å². The molecule has 4 rings (SSSR count). The van der Waals surface area contributed by atoms with Gasteiger partial charge >= 0.3 is 0 Å². The van der Waals surface area contributed by atoms with Crippen LogP contribution in [0.4, 0.5) is 5.69 Å². The molecule has 0 bridgehead atoms. The minimum Gasteiger partial charge on any atom is -0.374 e. The number of nitrogens with zero attached hydrogens (tertiary/aromatic N) is 2. The van der Waals surface area contributed by atoms with Gasteiger partial charge in [0, 0.05) is 31.2 Å². The number of benzene rings is 2. The van der Waals surface area contributed by atoms with Crippen molar-refractivity contribution < 1.29 is 0 Å². The van der Waals surface area contributed by atoms with Crippen molar-refractivity contribution in [3.8, 4) is 5.69 Å². The molecule has 1 aromatic heterocycles. The molecule has 0 atom stereocenters. The van der Waals surface area contributed by atoms with Gasteiger partial charge in [0.05, 0.1) is 5.52 Å². The van der Waals surface area contributed by atoms with Gasteiger partial charge in [0.1, 0.15) is 0 Å². The summed E-state index contributed by atoms with van der Waals surface area (Å²) in [5.74, 6) is 0. The number of aromatic nitrogens is 1. The Bertz CT molecular complexity index is 755. The first-order valence-corrected chi connectivity index (χ1v) is 6.73. The molecule has 94 valence electrons. The van der Waals surface area contributed by atoms with Gasteiger partial charge in [0.15, 0.2) is 0 Å². The summed E-state index contributed by atoms with van der Waals surface area (Å²) in [7, 11) is 2.16. The predicted octanol–water partition coefficient (Wildman–Crippen LogP) is 3.62. The number of rotatable bonds is 1. The molecule has 0 unspecified atom stereocenters. The van der Waals surface area contributed by atoms with E-state index in [0.717, 1.165) is 13.0 Å². The molecule has 3 aromatic rings. The summed E-state index contributed by atoms with van der Waals surface area (Å²) in [6.45, 7) is 1.13. The van der Waals surface area contributed by atoms with E-state index in [4.69, 9.17) is 0 Å². The van der Waals surface area contributed by atoms with E-state index in [0.29, 0.717) is 0 Å². The largest absolute Gasteiger partial charge is 0.374 e. The van der Waals surface area contributed by atoms with Gasteiger partial charge in [-0.05, 0) is 47.7 Å². The number of hydrogen-bond donors (Lipinski definition) is 0. The van der Waals surface area contributed by atoms with Crippen molar-refractivity contribution in [1.82, 2.24) is 4.57 Å². The molecule has 0 N–H and O–H groups in total. The third-order valence-electron chi connectivity index (χ3n) is 4.07. The Labute approximate surface area is 112 Å². The van der Waals surface area contributed by atoms with E-state index >= 15 is 0 Å². The maximum Gasteiger partial charge on any atom is 0.0528 e. The first-order valence-electron chi connectivity index (χ1n) is 6.73. The van der Waals surface area contributed by atoms with Crippen molar-refractivity contribution in [3.63, 3.8) is 0 Å². The lowest BCUT2D eigenvalue weighted by atomic mass is 10.1. The van der Waals surface area contributed by atoms with Crippen LogP contribution in [0.25, 0.3) is 16.6 Å². The van der Waals surface area contributed by atoms with Gasteiger partial charge in [-0.3, -0.25) is 0 Å². The van der Waals surface area contributed by atoms with Crippen molar-refractivity contribution in [3.05, 3.63) is 60.3 Å². The molecular formula is C17H16N2. The first-order chi connectivity index (χ1) is 9.33. The molecule has 1 aliphatic heterocycles. The highest BCUT2D eigenvalue weighted by molar-refractivity contribution is 5.82. The second kappa shape index (κ2) is 3.89. The lowest BCUT2D eigenvalue weighted by molar-refractivity contribution is 0.956. The molecule has 0 radical (unpaired) electrons. The molecule has 1 aliphatic rings. The number of fused-ring (bicyclic) bond motifs is 2. The van der Waals surface area contributed by atoms with E-state index in [9.17, 15) is 0 Å². The standard InChI is InChI=1S/C17H16N2/c1-18-10-8-14-12-15(6-7-16(14)18)19-11-9-13-4-2-3-5-17(13)19/h2-7,9,11-12H,8,10H2,1H3. The second-order valence-electron chi connectivity index (χ2n) is 5.23. The Morgan fingerprint density at radius 2 is 1.89 bits per heavy atom. The van der Waals surface area contributed by atoms with Crippen molar-refractivity contribution in [2.45, 2.75) is 6.42 Å². The van der Waals surface area contributed by atoms with E-state index in [1.807, 2.05) is 0 Å². The summed E-state index contributed by atoms with van der Waals surface area (Å²) in [4.78, 5) is 2.33. The average molecular weight is 248 g/mol. The molecule has 2 heteroatoms. The smallest absolute Gasteiger partial charge is 0.0528 e. The van der Waals surface area contributed by atoms with Gasteiger partial charge in [-0.1, -0.05) is 18.2 Å². The predicted molar refractivity (Wildman–Crippen MR) is 80.2 cm³/mol. The van der Waals surface area contributed by atoms with Crippen LogP contribution >= 0.6 is 0 Å². The minimum absolute atomic E-state index is 1.13. The van der Waals surface area contributed by atoms with E-state index in [2.05, 4.69) is 71.2 Å². The van der Waals surface area contributed by atoms with Crippen LogP contribution in [-0.4, -0.2) is 18.2 Å². The minimum atomic E-state index is 1.13. The summed E-state index contributed by atoms with van der Waals surface area (Å²) < 4.78 is 2.27. The van der Waals surface area contributed by atoms with Gasteiger partial charge < -0.3 is 9.47 Å². The van der Waals surface area contributed by atoms with Crippen molar-refractivity contribution in [2.75, 3.05) is 18.5 Å². The van der Waals surface area contributed by atoms with Crippen molar-refractivity contribution >= 4 is 16.6 Å². The van der Waals surface area contributed by atoms with Crippen LogP contribution in [0.3, 0.4) is 0 Å². The Balaban J connectivity index is 1.89. The molecule has 2 aromatic carbocycles. The normalized spacial score (nSPS) is 14.1. The fourth-order valence-corrected chi connectivity index (χ4v) is 3.01. The Morgan fingerprint density at radius 3 is 2.84 bits per heavy atom. The number of para-hydroxylation sites is 1. The molecule has 0 amide bonds.